The van der Waals surface area contributed by atoms with Crippen molar-refractivity contribution >= 4 is 33.0 Å². The van der Waals surface area contributed by atoms with E-state index in [2.05, 4.69) is 9.97 Å². The van der Waals surface area contributed by atoms with Crippen molar-refractivity contribution in [3.63, 3.8) is 0 Å². The topological polar surface area (TPSA) is 59.9 Å². The minimum atomic E-state index is -3.54. The molecule has 0 amide bonds. The predicted octanol–water partition coefficient (Wildman–Crippen LogP) is 2.85. The lowest BCUT2D eigenvalue weighted by molar-refractivity contribution is 0.593. The van der Waals surface area contributed by atoms with Crippen LogP contribution in [0.1, 0.15) is 0 Å². The molecule has 4 nitrogen and oxygen atoms in total. The summed E-state index contributed by atoms with van der Waals surface area (Å²) in [5.41, 5.74) is 1.15. The molecular weight excluding hydrogens is 295 g/mol. The molecule has 0 bridgehead atoms. The molecule has 18 heavy (non-hydrogen) atoms. The first-order chi connectivity index (χ1) is 8.39. The van der Waals surface area contributed by atoms with Gasteiger partial charge in [-0.3, -0.25) is 0 Å². The van der Waals surface area contributed by atoms with Gasteiger partial charge in [-0.2, -0.15) is 0 Å². The molecule has 0 atom stereocenters. The zero-order valence-electron chi connectivity index (χ0n) is 9.26. The van der Waals surface area contributed by atoms with Crippen LogP contribution < -0.4 is 0 Å². The fraction of sp³-hybridized carbons (Fsp3) is 0.0909. The van der Waals surface area contributed by atoms with Crippen molar-refractivity contribution in [3.8, 4) is 11.1 Å². The van der Waals surface area contributed by atoms with E-state index in [0.29, 0.717) is 5.56 Å². The van der Waals surface area contributed by atoms with Crippen LogP contribution in [0.15, 0.2) is 35.5 Å². The molecule has 1 heterocycles. The monoisotopic (exact) mass is 302 g/mol. The van der Waals surface area contributed by atoms with Crippen molar-refractivity contribution in [2.24, 2.45) is 0 Å². The van der Waals surface area contributed by atoms with Crippen molar-refractivity contribution in [3.05, 3.63) is 40.6 Å². The minimum Gasteiger partial charge on any atom is -0.221 e. The Morgan fingerprint density at radius 1 is 1.00 bits per heavy atom. The van der Waals surface area contributed by atoms with Gasteiger partial charge >= 0.3 is 0 Å². The summed E-state index contributed by atoms with van der Waals surface area (Å²) in [5, 5.41) is -0.347. The molecule has 0 radical (unpaired) electrons. The van der Waals surface area contributed by atoms with Crippen molar-refractivity contribution < 1.29 is 8.42 Å². The lowest BCUT2D eigenvalue weighted by Crippen LogP contribution is -2.05. The molecule has 0 aliphatic rings. The molecule has 0 spiro atoms. The Labute approximate surface area is 115 Å². The van der Waals surface area contributed by atoms with Gasteiger partial charge in [0.25, 0.3) is 0 Å². The average Bonchev–Trinajstić information content (AvgIpc) is 2.28. The second-order valence-electron chi connectivity index (χ2n) is 3.60. The molecule has 0 aliphatic carbocycles. The molecule has 2 rings (SSSR count). The number of hydrogen-bond acceptors (Lipinski definition) is 4. The number of sulfone groups is 1. The number of rotatable bonds is 2. The van der Waals surface area contributed by atoms with Gasteiger partial charge in [0, 0.05) is 6.26 Å². The Hall–Kier alpha value is -1.17. The maximum absolute atomic E-state index is 11.3. The normalized spacial score (nSPS) is 11.5. The third kappa shape index (κ3) is 2.63. The van der Waals surface area contributed by atoms with Gasteiger partial charge in [0.15, 0.2) is 0 Å². The summed E-state index contributed by atoms with van der Waals surface area (Å²) in [6.07, 6.45) is 0.997. The summed E-state index contributed by atoms with van der Waals surface area (Å²) in [6.45, 7) is 0. The van der Waals surface area contributed by atoms with Crippen molar-refractivity contribution in [1.29, 1.82) is 0 Å². The van der Waals surface area contributed by atoms with E-state index in [4.69, 9.17) is 23.2 Å². The molecule has 1 aromatic carbocycles. The Bertz CT molecular complexity index is 664. The number of nitrogens with zero attached hydrogens (tertiary/aromatic N) is 2. The second kappa shape index (κ2) is 4.84. The van der Waals surface area contributed by atoms with E-state index in [-0.39, 0.29) is 15.5 Å². The number of benzene rings is 1. The van der Waals surface area contributed by atoms with E-state index in [9.17, 15) is 8.42 Å². The van der Waals surface area contributed by atoms with Gasteiger partial charge in [0.05, 0.1) is 5.56 Å². The van der Waals surface area contributed by atoms with E-state index in [1.165, 1.54) is 0 Å². The van der Waals surface area contributed by atoms with Gasteiger partial charge in [-0.1, -0.05) is 53.5 Å². The van der Waals surface area contributed by atoms with E-state index in [0.717, 1.165) is 11.8 Å². The van der Waals surface area contributed by atoms with Crippen molar-refractivity contribution in [2.45, 2.75) is 5.16 Å². The Morgan fingerprint density at radius 3 is 1.94 bits per heavy atom. The van der Waals surface area contributed by atoms with Gasteiger partial charge in [-0.15, -0.1) is 0 Å². The number of hydrogen-bond donors (Lipinski definition) is 0. The summed E-state index contributed by atoms with van der Waals surface area (Å²) in [6, 6.07) is 9.04. The third-order valence-electron chi connectivity index (χ3n) is 2.19. The fourth-order valence-electron chi connectivity index (χ4n) is 1.40. The molecule has 0 saturated carbocycles. The molecule has 94 valence electrons. The molecule has 0 fully saturated rings. The molecule has 7 heteroatoms. The highest BCUT2D eigenvalue weighted by Gasteiger charge is 2.18. The van der Waals surface area contributed by atoms with Gasteiger partial charge in [-0.25, -0.2) is 18.4 Å². The molecule has 0 aliphatic heterocycles. The van der Waals surface area contributed by atoms with Crippen LogP contribution in [0.5, 0.6) is 0 Å². The maximum Gasteiger partial charge on any atom is 0.249 e. The first-order valence-electron chi connectivity index (χ1n) is 4.88. The Balaban J connectivity index is 2.66. The fourth-order valence-corrected chi connectivity index (χ4v) is 2.62. The highest BCUT2D eigenvalue weighted by atomic mass is 35.5. The van der Waals surface area contributed by atoms with Gasteiger partial charge in [0.2, 0.25) is 15.0 Å². The third-order valence-corrected chi connectivity index (χ3v) is 3.59. The molecule has 0 unspecified atom stereocenters. The van der Waals surface area contributed by atoms with Crippen LogP contribution in [0, 0.1) is 0 Å². The van der Waals surface area contributed by atoms with Gasteiger partial charge in [-0.05, 0) is 5.56 Å². The molecule has 2 aromatic rings. The van der Waals surface area contributed by atoms with Crippen LogP contribution >= 0.6 is 23.2 Å². The SMILES string of the molecule is CS(=O)(=O)c1nc(Cl)c(-c2ccccc2)c(Cl)n1. The first kappa shape index (κ1) is 13.3. The number of halogens is 2. The van der Waals surface area contributed by atoms with Crippen LogP contribution in [0.2, 0.25) is 10.3 Å². The quantitative estimate of drug-likeness (QED) is 0.632. The highest BCUT2D eigenvalue weighted by Crippen LogP contribution is 2.32. The lowest BCUT2D eigenvalue weighted by atomic mass is 10.1. The van der Waals surface area contributed by atoms with Crippen LogP contribution in [0.25, 0.3) is 11.1 Å². The largest absolute Gasteiger partial charge is 0.249 e. The molecule has 1 aromatic heterocycles. The van der Waals surface area contributed by atoms with Crippen molar-refractivity contribution in [2.75, 3.05) is 6.26 Å². The van der Waals surface area contributed by atoms with Gasteiger partial charge < -0.3 is 0 Å². The smallest absolute Gasteiger partial charge is 0.221 e. The lowest BCUT2D eigenvalue weighted by Gasteiger charge is -2.07. The number of aromatic nitrogens is 2. The van der Waals surface area contributed by atoms with Crippen LogP contribution in [-0.4, -0.2) is 24.6 Å². The average molecular weight is 303 g/mol. The zero-order valence-corrected chi connectivity index (χ0v) is 11.6. The molecule has 0 N–H and O–H groups in total. The van der Waals surface area contributed by atoms with E-state index in [1.807, 2.05) is 18.2 Å². The Kier molecular flexibility index (Phi) is 3.56. The maximum atomic E-state index is 11.3. The standard InChI is InChI=1S/C11H8Cl2N2O2S/c1-18(16,17)11-14-9(12)8(10(13)15-11)7-5-3-2-4-6-7/h2-6H,1H3. The summed E-state index contributed by atoms with van der Waals surface area (Å²) in [7, 11) is -3.54. The van der Waals surface area contributed by atoms with Crippen LogP contribution in [0.4, 0.5) is 0 Å². The summed E-state index contributed by atoms with van der Waals surface area (Å²) in [5.74, 6) is 0. The predicted molar refractivity (Wildman–Crippen MR) is 70.6 cm³/mol. The molecule has 0 saturated heterocycles. The minimum absolute atomic E-state index is 0.0154. The first-order valence-corrected chi connectivity index (χ1v) is 7.53. The molecular formula is C11H8Cl2N2O2S. The summed E-state index contributed by atoms with van der Waals surface area (Å²) in [4.78, 5) is 7.53. The van der Waals surface area contributed by atoms with Crippen LogP contribution in [-0.2, 0) is 9.84 Å². The van der Waals surface area contributed by atoms with E-state index >= 15 is 0 Å². The summed E-state index contributed by atoms with van der Waals surface area (Å²) < 4.78 is 22.7. The van der Waals surface area contributed by atoms with Crippen LogP contribution in [0.3, 0.4) is 0 Å². The van der Waals surface area contributed by atoms with Crippen molar-refractivity contribution in [1.82, 2.24) is 9.97 Å². The van der Waals surface area contributed by atoms with E-state index in [1.54, 1.807) is 12.1 Å². The second-order valence-corrected chi connectivity index (χ2v) is 6.23. The summed E-state index contributed by atoms with van der Waals surface area (Å²) >= 11 is 12.0. The highest BCUT2D eigenvalue weighted by molar-refractivity contribution is 7.90. The Morgan fingerprint density at radius 2 is 1.50 bits per heavy atom. The zero-order chi connectivity index (χ0) is 13.3. The van der Waals surface area contributed by atoms with Gasteiger partial charge in [0.1, 0.15) is 10.3 Å². The van der Waals surface area contributed by atoms with E-state index < -0.39 is 9.84 Å².